The molecule has 2 N–H and O–H groups in total. The molecule has 0 bridgehead atoms. The number of aromatic nitrogens is 2. The number of hydrogen-bond donors (Lipinski definition) is 2. The summed E-state index contributed by atoms with van der Waals surface area (Å²) in [7, 11) is 0. The SMILES string of the molecule is C[C@H]1CNCCN1C(=O)c1cc(-c2cccs2)[nH]n1. The number of H-pyrrole nitrogens is 1. The van der Waals surface area contributed by atoms with E-state index in [1.165, 1.54) is 0 Å². The van der Waals surface area contributed by atoms with Crippen LogP contribution in [0.2, 0.25) is 0 Å². The molecule has 6 heteroatoms. The van der Waals surface area contributed by atoms with Crippen LogP contribution in [0.1, 0.15) is 17.4 Å². The number of nitrogens with zero attached hydrogens (tertiary/aromatic N) is 2. The lowest BCUT2D eigenvalue weighted by atomic mass is 10.2. The molecule has 5 nitrogen and oxygen atoms in total. The standard InChI is InChI=1S/C13H16N4OS/c1-9-8-14-4-5-17(9)13(18)11-7-10(15-16-11)12-3-2-6-19-12/h2-3,6-7,9,14H,4-5,8H2,1H3,(H,15,16)/t9-/m0/s1. The summed E-state index contributed by atoms with van der Waals surface area (Å²) in [5.41, 5.74) is 1.40. The monoisotopic (exact) mass is 276 g/mol. The van der Waals surface area contributed by atoms with Crippen molar-refractivity contribution in [3.63, 3.8) is 0 Å². The largest absolute Gasteiger partial charge is 0.332 e. The smallest absolute Gasteiger partial charge is 0.274 e. The summed E-state index contributed by atoms with van der Waals surface area (Å²) >= 11 is 1.63. The third-order valence-corrected chi connectivity index (χ3v) is 4.25. The molecule has 19 heavy (non-hydrogen) atoms. The first-order valence-electron chi connectivity index (χ1n) is 6.36. The minimum Gasteiger partial charge on any atom is -0.332 e. The van der Waals surface area contributed by atoms with Crippen LogP contribution >= 0.6 is 11.3 Å². The summed E-state index contributed by atoms with van der Waals surface area (Å²) in [4.78, 5) is 15.4. The van der Waals surface area contributed by atoms with Gasteiger partial charge in [0.25, 0.3) is 5.91 Å². The first kappa shape index (κ1) is 12.4. The zero-order valence-electron chi connectivity index (χ0n) is 10.7. The van der Waals surface area contributed by atoms with Gasteiger partial charge in [-0.2, -0.15) is 5.10 Å². The van der Waals surface area contributed by atoms with Crippen molar-refractivity contribution in [2.75, 3.05) is 19.6 Å². The van der Waals surface area contributed by atoms with Crippen LogP contribution in [-0.4, -0.2) is 46.7 Å². The molecule has 100 valence electrons. The van der Waals surface area contributed by atoms with Crippen LogP contribution in [0.15, 0.2) is 23.6 Å². The molecule has 1 atom stereocenters. The highest BCUT2D eigenvalue weighted by molar-refractivity contribution is 7.13. The van der Waals surface area contributed by atoms with Crippen LogP contribution in [0, 0.1) is 0 Å². The van der Waals surface area contributed by atoms with E-state index in [0.29, 0.717) is 5.69 Å². The Kier molecular flexibility index (Phi) is 3.35. The van der Waals surface area contributed by atoms with Gasteiger partial charge >= 0.3 is 0 Å². The number of amides is 1. The van der Waals surface area contributed by atoms with E-state index in [1.807, 2.05) is 28.5 Å². The summed E-state index contributed by atoms with van der Waals surface area (Å²) in [5.74, 6) is 0.00746. The van der Waals surface area contributed by atoms with Gasteiger partial charge in [0.2, 0.25) is 0 Å². The third kappa shape index (κ3) is 2.41. The first-order chi connectivity index (χ1) is 9.25. The molecular formula is C13H16N4OS. The number of hydrogen-bond acceptors (Lipinski definition) is 4. The van der Waals surface area contributed by atoms with Crippen molar-refractivity contribution in [2.45, 2.75) is 13.0 Å². The van der Waals surface area contributed by atoms with E-state index in [1.54, 1.807) is 11.3 Å². The summed E-state index contributed by atoms with van der Waals surface area (Å²) in [6.45, 7) is 4.48. The molecule has 0 aromatic carbocycles. The summed E-state index contributed by atoms with van der Waals surface area (Å²) in [5, 5.41) is 12.4. The molecule has 3 rings (SSSR count). The van der Waals surface area contributed by atoms with Gasteiger partial charge in [-0.25, -0.2) is 0 Å². The Hall–Kier alpha value is -1.66. The number of rotatable bonds is 2. The lowest BCUT2D eigenvalue weighted by molar-refractivity contribution is 0.0649. The molecule has 1 aliphatic heterocycles. The van der Waals surface area contributed by atoms with Gasteiger partial charge in [-0.3, -0.25) is 9.89 Å². The average Bonchev–Trinajstić information content (AvgIpc) is 3.09. The lowest BCUT2D eigenvalue weighted by Gasteiger charge is -2.33. The van der Waals surface area contributed by atoms with Crippen molar-refractivity contribution < 1.29 is 4.79 Å². The zero-order valence-corrected chi connectivity index (χ0v) is 11.5. The highest BCUT2D eigenvalue weighted by Crippen LogP contribution is 2.23. The van der Waals surface area contributed by atoms with Gasteiger partial charge in [-0.15, -0.1) is 11.3 Å². The lowest BCUT2D eigenvalue weighted by Crippen LogP contribution is -2.52. The quantitative estimate of drug-likeness (QED) is 0.875. The molecule has 1 amide bonds. The van der Waals surface area contributed by atoms with E-state index in [4.69, 9.17) is 0 Å². The van der Waals surface area contributed by atoms with Crippen molar-refractivity contribution >= 4 is 17.2 Å². The van der Waals surface area contributed by atoms with E-state index in [-0.39, 0.29) is 11.9 Å². The molecular weight excluding hydrogens is 260 g/mol. The molecule has 0 spiro atoms. The Balaban J connectivity index is 1.80. The molecule has 1 fully saturated rings. The van der Waals surface area contributed by atoms with Gasteiger partial charge < -0.3 is 10.2 Å². The van der Waals surface area contributed by atoms with Crippen LogP contribution in [0.5, 0.6) is 0 Å². The highest BCUT2D eigenvalue weighted by atomic mass is 32.1. The van der Waals surface area contributed by atoms with E-state index in [9.17, 15) is 4.79 Å². The number of aromatic amines is 1. The molecule has 1 saturated heterocycles. The Morgan fingerprint density at radius 1 is 1.58 bits per heavy atom. The van der Waals surface area contributed by atoms with Crippen LogP contribution < -0.4 is 5.32 Å². The first-order valence-corrected chi connectivity index (χ1v) is 7.24. The highest BCUT2D eigenvalue weighted by Gasteiger charge is 2.25. The van der Waals surface area contributed by atoms with Crippen LogP contribution in [-0.2, 0) is 0 Å². The van der Waals surface area contributed by atoms with E-state index >= 15 is 0 Å². The van der Waals surface area contributed by atoms with Gasteiger partial charge in [0.1, 0.15) is 0 Å². The Morgan fingerprint density at radius 3 is 3.21 bits per heavy atom. The summed E-state index contributed by atoms with van der Waals surface area (Å²) < 4.78 is 0. The topological polar surface area (TPSA) is 61.0 Å². The fraction of sp³-hybridized carbons (Fsp3) is 0.385. The predicted octanol–water partition coefficient (Wildman–Crippen LogP) is 1.57. The van der Waals surface area contributed by atoms with Crippen molar-refractivity contribution in [1.29, 1.82) is 0 Å². The fourth-order valence-corrected chi connectivity index (χ4v) is 2.97. The maximum absolute atomic E-state index is 12.4. The van der Waals surface area contributed by atoms with Crippen LogP contribution in [0.4, 0.5) is 0 Å². The van der Waals surface area contributed by atoms with E-state index < -0.39 is 0 Å². The van der Waals surface area contributed by atoms with Gasteiger partial charge in [-0.05, 0) is 24.4 Å². The molecule has 1 aliphatic rings. The number of carbonyl (C=O) groups excluding carboxylic acids is 1. The molecule has 3 heterocycles. The third-order valence-electron chi connectivity index (χ3n) is 3.35. The van der Waals surface area contributed by atoms with E-state index in [0.717, 1.165) is 30.2 Å². The van der Waals surface area contributed by atoms with Gasteiger partial charge in [0.05, 0.1) is 10.6 Å². The van der Waals surface area contributed by atoms with Crippen molar-refractivity contribution in [1.82, 2.24) is 20.4 Å². The number of piperazine rings is 1. The van der Waals surface area contributed by atoms with Crippen molar-refractivity contribution in [2.24, 2.45) is 0 Å². The molecule has 2 aromatic heterocycles. The average molecular weight is 276 g/mol. The normalized spacial score (nSPS) is 19.6. The van der Waals surface area contributed by atoms with Crippen LogP contribution in [0.3, 0.4) is 0 Å². The Bertz CT molecular complexity index is 563. The summed E-state index contributed by atoms with van der Waals surface area (Å²) in [6.07, 6.45) is 0. The maximum atomic E-state index is 12.4. The second-order valence-electron chi connectivity index (χ2n) is 4.70. The van der Waals surface area contributed by atoms with Crippen LogP contribution in [0.25, 0.3) is 10.6 Å². The van der Waals surface area contributed by atoms with Crippen molar-refractivity contribution in [3.8, 4) is 10.6 Å². The summed E-state index contributed by atoms with van der Waals surface area (Å²) in [6, 6.07) is 6.05. The second-order valence-corrected chi connectivity index (χ2v) is 5.64. The number of carbonyl (C=O) groups is 1. The molecule has 2 aromatic rings. The van der Waals surface area contributed by atoms with Gasteiger partial charge in [-0.1, -0.05) is 6.07 Å². The number of nitrogens with one attached hydrogen (secondary N) is 2. The van der Waals surface area contributed by atoms with Gasteiger partial charge in [0, 0.05) is 25.7 Å². The predicted molar refractivity (Wildman–Crippen MR) is 75.3 cm³/mol. The minimum absolute atomic E-state index is 0.00746. The van der Waals surface area contributed by atoms with E-state index in [2.05, 4.69) is 22.4 Å². The fourth-order valence-electron chi connectivity index (χ4n) is 2.28. The number of thiophene rings is 1. The second kappa shape index (κ2) is 5.14. The molecule has 0 unspecified atom stereocenters. The molecule has 0 radical (unpaired) electrons. The Labute approximate surface area is 115 Å². The maximum Gasteiger partial charge on any atom is 0.274 e. The van der Waals surface area contributed by atoms with Crippen molar-refractivity contribution in [3.05, 3.63) is 29.3 Å². The molecule has 0 aliphatic carbocycles. The molecule has 0 saturated carbocycles. The zero-order chi connectivity index (χ0) is 13.2. The Morgan fingerprint density at radius 2 is 2.47 bits per heavy atom. The van der Waals surface area contributed by atoms with Gasteiger partial charge in [0.15, 0.2) is 5.69 Å². The minimum atomic E-state index is 0.00746.